The molecular weight excluding hydrogens is 248 g/mol. The van der Waals surface area contributed by atoms with Gasteiger partial charge in [0, 0.05) is 5.69 Å². The predicted octanol–water partition coefficient (Wildman–Crippen LogP) is 1.26. The molecule has 6 heteroatoms. The Morgan fingerprint density at radius 2 is 1.89 bits per heavy atom. The molecule has 2 unspecified atom stereocenters. The SMILES string of the molecule is Cc1ccc(NC(=O)NC(C(=O)O)C(C)O)c(C)c1. The predicted molar refractivity (Wildman–Crippen MR) is 71.2 cm³/mol. The summed E-state index contributed by atoms with van der Waals surface area (Å²) in [6.45, 7) is 5.08. The van der Waals surface area contributed by atoms with Crippen LogP contribution in [0.3, 0.4) is 0 Å². The molecule has 1 rings (SSSR count). The minimum Gasteiger partial charge on any atom is -0.480 e. The molecule has 6 nitrogen and oxygen atoms in total. The van der Waals surface area contributed by atoms with Crippen molar-refractivity contribution in [3.63, 3.8) is 0 Å². The van der Waals surface area contributed by atoms with Crippen LogP contribution < -0.4 is 10.6 Å². The zero-order valence-electron chi connectivity index (χ0n) is 11.1. The first-order chi connectivity index (χ1) is 8.81. The van der Waals surface area contributed by atoms with Crippen molar-refractivity contribution in [2.75, 3.05) is 5.32 Å². The molecule has 0 aliphatic carbocycles. The number of carbonyl (C=O) groups is 2. The maximum absolute atomic E-state index is 11.7. The fourth-order valence-corrected chi connectivity index (χ4v) is 1.64. The molecular formula is C13H18N2O4. The number of nitrogens with one attached hydrogen (secondary N) is 2. The van der Waals surface area contributed by atoms with E-state index >= 15 is 0 Å². The van der Waals surface area contributed by atoms with Gasteiger partial charge in [0.25, 0.3) is 0 Å². The lowest BCUT2D eigenvalue weighted by Gasteiger charge is -2.18. The number of carboxylic acid groups (broad SMARTS) is 1. The number of carbonyl (C=O) groups excluding carboxylic acids is 1. The van der Waals surface area contributed by atoms with E-state index in [9.17, 15) is 14.7 Å². The second kappa shape index (κ2) is 6.19. The fraction of sp³-hybridized carbons (Fsp3) is 0.385. The molecule has 4 N–H and O–H groups in total. The van der Waals surface area contributed by atoms with Crippen LogP contribution in [-0.4, -0.2) is 34.4 Å². The van der Waals surface area contributed by atoms with Crippen LogP contribution >= 0.6 is 0 Å². The lowest BCUT2D eigenvalue weighted by atomic mass is 10.1. The summed E-state index contributed by atoms with van der Waals surface area (Å²) in [5.41, 5.74) is 2.53. The standard InChI is InChI=1S/C13H18N2O4/c1-7-4-5-10(8(2)6-7)14-13(19)15-11(9(3)16)12(17)18/h4-6,9,11,16H,1-3H3,(H,17,18)(H2,14,15,19). The summed E-state index contributed by atoms with van der Waals surface area (Å²) < 4.78 is 0. The number of hydrogen-bond acceptors (Lipinski definition) is 3. The third kappa shape index (κ3) is 4.26. The molecule has 0 aliphatic heterocycles. The number of aliphatic hydroxyl groups is 1. The van der Waals surface area contributed by atoms with E-state index in [-0.39, 0.29) is 0 Å². The highest BCUT2D eigenvalue weighted by Gasteiger charge is 2.24. The van der Waals surface area contributed by atoms with E-state index in [1.54, 1.807) is 6.07 Å². The van der Waals surface area contributed by atoms with Crippen molar-refractivity contribution in [1.29, 1.82) is 0 Å². The van der Waals surface area contributed by atoms with Gasteiger partial charge in [-0.2, -0.15) is 0 Å². The average Bonchev–Trinajstić information content (AvgIpc) is 2.29. The molecule has 1 aromatic rings. The quantitative estimate of drug-likeness (QED) is 0.659. The fourth-order valence-electron chi connectivity index (χ4n) is 1.64. The maximum Gasteiger partial charge on any atom is 0.328 e. The van der Waals surface area contributed by atoms with Gasteiger partial charge >= 0.3 is 12.0 Å². The first-order valence-corrected chi connectivity index (χ1v) is 5.87. The minimum atomic E-state index is -1.34. The molecule has 0 saturated carbocycles. The number of aliphatic carboxylic acids is 1. The average molecular weight is 266 g/mol. The Morgan fingerprint density at radius 1 is 1.26 bits per heavy atom. The van der Waals surface area contributed by atoms with Crippen LogP contribution in [0.5, 0.6) is 0 Å². The van der Waals surface area contributed by atoms with Gasteiger partial charge in [0.15, 0.2) is 6.04 Å². The second-order valence-electron chi connectivity index (χ2n) is 4.47. The number of anilines is 1. The van der Waals surface area contributed by atoms with Crippen LogP contribution in [0.4, 0.5) is 10.5 Å². The Balaban J connectivity index is 2.72. The molecule has 0 radical (unpaired) electrons. The number of aryl methyl sites for hydroxylation is 2. The van der Waals surface area contributed by atoms with Gasteiger partial charge in [-0.15, -0.1) is 0 Å². The molecule has 0 heterocycles. The van der Waals surface area contributed by atoms with Crippen molar-refractivity contribution in [1.82, 2.24) is 5.32 Å². The normalized spacial score (nSPS) is 13.5. The summed E-state index contributed by atoms with van der Waals surface area (Å²) in [4.78, 5) is 22.5. The van der Waals surface area contributed by atoms with Gasteiger partial charge in [-0.3, -0.25) is 0 Å². The Bertz CT molecular complexity index is 486. The number of rotatable bonds is 4. The maximum atomic E-state index is 11.7. The second-order valence-corrected chi connectivity index (χ2v) is 4.47. The third-order valence-corrected chi connectivity index (χ3v) is 2.67. The first kappa shape index (κ1) is 15.0. The highest BCUT2D eigenvalue weighted by Crippen LogP contribution is 2.15. The molecule has 0 aromatic heterocycles. The van der Waals surface area contributed by atoms with Crippen molar-refractivity contribution in [3.05, 3.63) is 29.3 Å². The van der Waals surface area contributed by atoms with E-state index in [1.165, 1.54) is 6.92 Å². The number of aliphatic hydroxyl groups excluding tert-OH is 1. The van der Waals surface area contributed by atoms with Gasteiger partial charge < -0.3 is 20.8 Å². The summed E-state index contributed by atoms with van der Waals surface area (Å²) in [6.07, 6.45) is -1.18. The minimum absolute atomic E-state index is 0.595. The zero-order chi connectivity index (χ0) is 14.6. The summed E-state index contributed by atoms with van der Waals surface area (Å²) in [5.74, 6) is -1.29. The summed E-state index contributed by atoms with van der Waals surface area (Å²) >= 11 is 0. The summed E-state index contributed by atoms with van der Waals surface area (Å²) in [7, 11) is 0. The van der Waals surface area contributed by atoms with Crippen LogP contribution in [0.2, 0.25) is 0 Å². The molecule has 19 heavy (non-hydrogen) atoms. The van der Waals surface area contributed by atoms with Gasteiger partial charge in [0.2, 0.25) is 0 Å². The van der Waals surface area contributed by atoms with Crippen molar-refractivity contribution < 1.29 is 19.8 Å². The molecule has 104 valence electrons. The van der Waals surface area contributed by atoms with E-state index < -0.39 is 24.1 Å². The largest absolute Gasteiger partial charge is 0.480 e. The van der Waals surface area contributed by atoms with E-state index in [0.717, 1.165) is 11.1 Å². The van der Waals surface area contributed by atoms with Gasteiger partial charge in [-0.1, -0.05) is 17.7 Å². The molecule has 0 fully saturated rings. The van der Waals surface area contributed by atoms with Crippen LogP contribution in [0.1, 0.15) is 18.1 Å². The van der Waals surface area contributed by atoms with E-state index in [4.69, 9.17) is 5.11 Å². The number of hydrogen-bond donors (Lipinski definition) is 4. The Hall–Kier alpha value is -2.08. The van der Waals surface area contributed by atoms with Crippen molar-refractivity contribution in [2.45, 2.75) is 32.9 Å². The van der Waals surface area contributed by atoms with Gasteiger partial charge in [-0.25, -0.2) is 9.59 Å². The number of urea groups is 1. The molecule has 0 bridgehead atoms. The van der Waals surface area contributed by atoms with Crippen molar-refractivity contribution >= 4 is 17.7 Å². The van der Waals surface area contributed by atoms with Crippen molar-refractivity contribution in [2.24, 2.45) is 0 Å². The zero-order valence-corrected chi connectivity index (χ0v) is 11.1. The highest BCUT2D eigenvalue weighted by molar-refractivity contribution is 5.93. The van der Waals surface area contributed by atoms with Crippen LogP contribution in [0, 0.1) is 13.8 Å². The van der Waals surface area contributed by atoms with Gasteiger partial charge in [-0.05, 0) is 32.4 Å². The molecule has 0 spiro atoms. The number of benzene rings is 1. The molecule has 0 aliphatic rings. The van der Waals surface area contributed by atoms with E-state index in [0.29, 0.717) is 5.69 Å². The lowest BCUT2D eigenvalue weighted by molar-refractivity contribution is -0.141. The van der Waals surface area contributed by atoms with Crippen molar-refractivity contribution in [3.8, 4) is 0 Å². The Labute approximate surface area is 111 Å². The van der Waals surface area contributed by atoms with E-state index in [2.05, 4.69) is 10.6 Å². The summed E-state index contributed by atoms with van der Waals surface area (Å²) in [6, 6.07) is 3.47. The molecule has 2 amide bonds. The number of carboxylic acids is 1. The molecule has 2 atom stereocenters. The topological polar surface area (TPSA) is 98.7 Å². The lowest BCUT2D eigenvalue weighted by Crippen LogP contribution is -2.49. The monoisotopic (exact) mass is 266 g/mol. The van der Waals surface area contributed by atoms with E-state index in [1.807, 2.05) is 26.0 Å². The number of amides is 2. The van der Waals surface area contributed by atoms with Crippen LogP contribution in [0.15, 0.2) is 18.2 Å². The third-order valence-electron chi connectivity index (χ3n) is 2.67. The smallest absolute Gasteiger partial charge is 0.328 e. The molecule has 0 saturated heterocycles. The van der Waals surface area contributed by atoms with Gasteiger partial charge in [0.1, 0.15) is 0 Å². The van der Waals surface area contributed by atoms with Crippen LogP contribution in [-0.2, 0) is 4.79 Å². The van der Waals surface area contributed by atoms with Gasteiger partial charge in [0.05, 0.1) is 6.10 Å². The Kier molecular flexibility index (Phi) is 4.88. The molecule has 1 aromatic carbocycles. The van der Waals surface area contributed by atoms with Crippen LogP contribution in [0.25, 0.3) is 0 Å². The summed E-state index contributed by atoms with van der Waals surface area (Å²) in [5, 5.41) is 22.9. The highest BCUT2D eigenvalue weighted by atomic mass is 16.4. The Morgan fingerprint density at radius 3 is 2.37 bits per heavy atom. The first-order valence-electron chi connectivity index (χ1n) is 5.87.